The van der Waals surface area contributed by atoms with E-state index in [0.717, 1.165) is 46.6 Å². The summed E-state index contributed by atoms with van der Waals surface area (Å²) in [6.45, 7) is 6.99. The van der Waals surface area contributed by atoms with E-state index in [2.05, 4.69) is 42.4 Å². The Morgan fingerprint density at radius 1 is 1.13 bits per heavy atom. The number of hydrogen-bond donors (Lipinski definition) is 2. The first kappa shape index (κ1) is 25.7. The fourth-order valence-corrected chi connectivity index (χ4v) is 5.18. The van der Waals surface area contributed by atoms with Crippen LogP contribution in [0.1, 0.15) is 83.2 Å². The number of fused-ring (bicyclic) bond motifs is 1. The fraction of sp³-hybridized carbons (Fsp3) is 0.312. The summed E-state index contributed by atoms with van der Waals surface area (Å²) in [5, 5.41) is 13.2. The predicted octanol–water partition coefficient (Wildman–Crippen LogP) is 6.92. The van der Waals surface area contributed by atoms with E-state index >= 15 is 0 Å². The summed E-state index contributed by atoms with van der Waals surface area (Å²) in [6, 6.07) is 15.3. The van der Waals surface area contributed by atoms with Crippen molar-refractivity contribution in [2.75, 3.05) is 13.7 Å². The SMILES string of the molecule is COc1ccc(C2=CC(=C3CCC3)c3cc(C)cc(C(C)CNC(C)c4ccccc4C(=O)O)c3O2)cn1. The lowest BCUT2D eigenvalue weighted by molar-refractivity contribution is 0.0695. The first-order valence-corrected chi connectivity index (χ1v) is 13.2. The molecule has 6 heteroatoms. The van der Waals surface area contributed by atoms with Gasteiger partial charge in [-0.05, 0) is 85.6 Å². The molecule has 2 heterocycles. The molecule has 2 aliphatic rings. The maximum Gasteiger partial charge on any atom is 0.336 e. The van der Waals surface area contributed by atoms with Crippen LogP contribution in [0.4, 0.5) is 0 Å². The zero-order valence-electron chi connectivity index (χ0n) is 22.4. The minimum absolute atomic E-state index is 0.111. The summed E-state index contributed by atoms with van der Waals surface area (Å²) in [5.74, 6) is 1.47. The first-order valence-electron chi connectivity index (χ1n) is 13.2. The molecule has 2 atom stereocenters. The van der Waals surface area contributed by atoms with Crippen LogP contribution in [0.25, 0.3) is 11.3 Å². The molecule has 196 valence electrons. The largest absolute Gasteiger partial charge is 0.481 e. The molecule has 3 aromatic rings. The van der Waals surface area contributed by atoms with Crippen LogP contribution in [0.15, 0.2) is 66.4 Å². The van der Waals surface area contributed by atoms with E-state index in [1.165, 1.54) is 23.1 Å². The quantitative estimate of drug-likeness (QED) is 0.342. The van der Waals surface area contributed by atoms with Crippen LogP contribution in [0, 0.1) is 6.92 Å². The van der Waals surface area contributed by atoms with E-state index in [9.17, 15) is 9.90 Å². The number of methoxy groups -OCH3 is 1. The van der Waals surface area contributed by atoms with Crippen molar-refractivity contribution in [3.05, 3.63) is 99.8 Å². The molecule has 0 bridgehead atoms. The molecule has 0 radical (unpaired) electrons. The third-order valence-electron chi connectivity index (χ3n) is 7.53. The minimum atomic E-state index is -0.910. The van der Waals surface area contributed by atoms with Crippen molar-refractivity contribution in [1.29, 1.82) is 0 Å². The number of rotatable bonds is 8. The van der Waals surface area contributed by atoms with Crippen molar-refractivity contribution in [3.8, 4) is 11.6 Å². The molecular weight excluding hydrogens is 476 g/mol. The highest BCUT2D eigenvalue weighted by atomic mass is 16.5. The number of hydrogen-bond acceptors (Lipinski definition) is 5. The highest BCUT2D eigenvalue weighted by Gasteiger charge is 2.28. The van der Waals surface area contributed by atoms with E-state index in [0.29, 0.717) is 18.0 Å². The normalized spacial score (nSPS) is 16.1. The number of pyridine rings is 1. The van der Waals surface area contributed by atoms with Gasteiger partial charge < -0.3 is 19.9 Å². The van der Waals surface area contributed by atoms with Gasteiger partial charge in [0.05, 0.1) is 12.7 Å². The molecule has 0 amide bonds. The highest BCUT2D eigenvalue weighted by Crippen LogP contribution is 2.46. The Balaban J connectivity index is 1.46. The third-order valence-corrected chi connectivity index (χ3v) is 7.53. The van der Waals surface area contributed by atoms with Crippen molar-refractivity contribution in [1.82, 2.24) is 10.3 Å². The topological polar surface area (TPSA) is 80.7 Å². The average Bonchev–Trinajstić information content (AvgIpc) is 2.90. The molecule has 1 fully saturated rings. The Morgan fingerprint density at radius 2 is 1.92 bits per heavy atom. The van der Waals surface area contributed by atoms with Gasteiger partial charge in [0.1, 0.15) is 11.5 Å². The van der Waals surface area contributed by atoms with Gasteiger partial charge in [0.15, 0.2) is 0 Å². The molecule has 1 aromatic heterocycles. The number of carboxylic acids is 1. The smallest absolute Gasteiger partial charge is 0.336 e. The van der Waals surface area contributed by atoms with E-state index in [-0.39, 0.29) is 12.0 Å². The Bertz CT molecular complexity index is 1420. The van der Waals surface area contributed by atoms with Gasteiger partial charge >= 0.3 is 5.97 Å². The van der Waals surface area contributed by atoms with Crippen LogP contribution in [-0.4, -0.2) is 29.7 Å². The lowest BCUT2D eigenvalue weighted by Gasteiger charge is -2.30. The average molecular weight is 511 g/mol. The number of carbonyl (C=O) groups is 1. The predicted molar refractivity (Wildman–Crippen MR) is 150 cm³/mol. The number of aryl methyl sites for hydroxylation is 1. The van der Waals surface area contributed by atoms with Crippen molar-refractivity contribution < 1.29 is 19.4 Å². The van der Waals surface area contributed by atoms with E-state index < -0.39 is 5.97 Å². The number of aromatic nitrogens is 1. The van der Waals surface area contributed by atoms with Gasteiger partial charge in [0.25, 0.3) is 0 Å². The minimum Gasteiger partial charge on any atom is -0.481 e. The molecule has 5 rings (SSSR count). The second-order valence-electron chi connectivity index (χ2n) is 10.2. The van der Waals surface area contributed by atoms with Crippen LogP contribution in [0.5, 0.6) is 11.6 Å². The van der Waals surface area contributed by atoms with Crippen LogP contribution >= 0.6 is 0 Å². The van der Waals surface area contributed by atoms with E-state index in [1.807, 2.05) is 31.2 Å². The maximum atomic E-state index is 11.7. The Kier molecular flexibility index (Phi) is 7.34. The van der Waals surface area contributed by atoms with Gasteiger partial charge in [0, 0.05) is 36.0 Å². The summed E-state index contributed by atoms with van der Waals surface area (Å²) in [6.07, 6.45) is 7.40. The molecule has 1 aliphatic heterocycles. The molecular formula is C32H34N2O4. The monoisotopic (exact) mass is 510 g/mol. The van der Waals surface area contributed by atoms with E-state index in [1.54, 1.807) is 25.4 Å². The van der Waals surface area contributed by atoms with Gasteiger partial charge in [-0.3, -0.25) is 0 Å². The van der Waals surface area contributed by atoms with Crippen molar-refractivity contribution >= 4 is 17.3 Å². The molecule has 2 N–H and O–H groups in total. The van der Waals surface area contributed by atoms with Gasteiger partial charge in [-0.1, -0.05) is 36.8 Å². The lowest BCUT2D eigenvalue weighted by atomic mass is 9.82. The summed E-state index contributed by atoms with van der Waals surface area (Å²) in [5.41, 5.74) is 8.22. The lowest BCUT2D eigenvalue weighted by Crippen LogP contribution is -2.25. The molecule has 2 aromatic carbocycles. The number of nitrogens with zero attached hydrogens (tertiary/aromatic N) is 1. The molecule has 0 saturated heterocycles. The summed E-state index contributed by atoms with van der Waals surface area (Å²) in [7, 11) is 1.61. The molecule has 1 saturated carbocycles. The second kappa shape index (κ2) is 10.8. The van der Waals surface area contributed by atoms with E-state index in [4.69, 9.17) is 9.47 Å². The summed E-state index contributed by atoms with van der Waals surface area (Å²) in [4.78, 5) is 16.1. The van der Waals surface area contributed by atoms with Gasteiger partial charge in [-0.15, -0.1) is 0 Å². The molecule has 1 aliphatic carbocycles. The zero-order chi connectivity index (χ0) is 26.8. The number of carboxylic acid groups (broad SMARTS) is 1. The number of allylic oxidation sites excluding steroid dienone is 3. The van der Waals surface area contributed by atoms with Crippen molar-refractivity contribution in [2.24, 2.45) is 0 Å². The van der Waals surface area contributed by atoms with Crippen LogP contribution < -0.4 is 14.8 Å². The molecule has 38 heavy (non-hydrogen) atoms. The molecule has 6 nitrogen and oxygen atoms in total. The maximum absolute atomic E-state index is 11.7. The Labute approximate surface area is 224 Å². The first-order chi connectivity index (χ1) is 18.4. The zero-order valence-corrected chi connectivity index (χ0v) is 22.4. The van der Waals surface area contributed by atoms with Gasteiger partial charge in [0.2, 0.25) is 5.88 Å². The molecule has 2 unspecified atom stereocenters. The number of nitrogens with one attached hydrogen (secondary N) is 1. The fourth-order valence-electron chi connectivity index (χ4n) is 5.18. The number of ether oxygens (including phenoxy) is 2. The van der Waals surface area contributed by atoms with Crippen molar-refractivity contribution in [2.45, 2.75) is 52.0 Å². The second-order valence-corrected chi connectivity index (χ2v) is 10.2. The third kappa shape index (κ3) is 5.09. The number of aromatic carboxylic acids is 1. The number of benzene rings is 2. The Hall–Kier alpha value is -3.90. The van der Waals surface area contributed by atoms with Crippen LogP contribution in [0.2, 0.25) is 0 Å². The summed E-state index contributed by atoms with van der Waals surface area (Å²) >= 11 is 0. The van der Waals surface area contributed by atoms with Crippen LogP contribution in [0.3, 0.4) is 0 Å². The standard InChI is InChI=1S/C32H34N2O4/c1-19-14-26(20(2)17-33-21(3)24-10-5-6-11-25(24)32(35)36)31-28(15-19)27(22-8-7-9-22)16-29(38-31)23-12-13-30(37-4)34-18-23/h5-6,10-16,18,20-21,33H,7-9,17H2,1-4H3,(H,35,36). The highest BCUT2D eigenvalue weighted by molar-refractivity contribution is 5.91. The Morgan fingerprint density at radius 3 is 2.58 bits per heavy atom. The van der Waals surface area contributed by atoms with Crippen LogP contribution in [-0.2, 0) is 0 Å². The summed E-state index contributed by atoms with van der Waals surface area (Å²) < 4.78 is 11.9. The van der Waals surface area contributed by atoms with Gasteiger partial charge in [-0.25, -0.2) is 9.78 Å². The van der Waals surface area contributed by atoms with Gasteiger partial charge in [-0.2, -0.15) is 0 Å². The van der Waals surface area contributed by atoms with Crippen molar-refractivity contribution in [3.63, 3.8) is 0 Å². The molecule has 0 spiro atoms.